The Kier molecular flexibility index (Phi) is 4.91. The third kappa shape index (κ3) is 3.53. The summed E-state index contributed by atoms with van der Waals surface area (Å²) in [4.78, 5) is 28.9. The number of nitrogens with zero attached hydrogens (tertiary/aromatic N) is 3. The van der Waals surface area contributed by atoms with Gasteiger partial charge in [-0.15, -0.1) is 0 Å². The van der Waals surface area contributed by atoms with Crippen LogP contribution in [0.5, 0.6) is 0 Å². The molecular weight excluding hydrogens is 359 g/mol. The zero-order valence-corrected chi connectivity index (χ0v) is 16.2. The van der Waals surface area contributed by atoms with Gasteiger partial charge in [0.25, 0.3) is 0 Å². The minimum Gasteiger partial charge on any atom is -0.342 e. The highest BCUT2D eigenvalue weighted by atomic mass is 19.1. The number of amides is 2. The minimum atomic E-state index is -0.312. The van der Waals surface area contributed by atoms with Crippen LogP contribution in [0, 0.1) is 17.7 Å². The molecule has 1 aromatic carbocycles. The number of rotatable bonds is 4. The molecule has 0 aliphatic carbocycles. The highest BCUT2D eigenvalue weighted by Crippen LogP contribution is 2.30. The molecule has 1 N–H and O–H groups in total. The van der Waals surface area contributed by atoms with E-state index in [0.29, 0.717) is 49.8 Å². The highest BCUT2D eigenvalue weighted by Gasteiger charge is 2.38. The lowest BCUT2D eigenvalue weighted by Gasteiger charge is -2.29. The van der Waals surface area contributed by atoms with Crippen molar-refractivity contribution < 1.29 is 14.0 Å². The van der Waals surface area contributed by atoms with Gasteiger partial charge < -0.3 is 9.80 Å². The van der Waals surface area contributed by atoms with Crippen molar-refractivity contribution in [2.24, 2.45) is 11.8 Å². The molecular formula is C21H25FN4O2. The highest BCUT2D eigenvalue weighted by molar-refractivity contribution is 5.89. The largest absolute Gasteiger partial charge is 0.342 e. The number of hydrogen-bond acceptors (Lipinski definition) is 3. The lowest BCUT2D eigenvalue weighted by Crippen LogP contribution is -2.40. The molecule has 7 heteroatoms. The Morgan fingerprint density at radius 2 is 2.21 bits per heavy atom. The quantitative estimate of drug-likeness (QED) is 0.881. The van der Waals surface area contributed by atoms with Crippen molar-refractivity contribution in [1.82, 2.24) is 20.0 Å². The van der Waals surface area contributed by atoms with E-state index in [2.05, 4.69) is 24.0 Å². The van der Waals surface area contributed by atoms with Crippen molar-refractivity contribution in [3.63, 3.8) is 0 Å². The normalized spacial score (nSPS) is 19.4. The molecule has 0 spiro atoms. The Balaban J connectivity index is 1.51. The molecule has 1 unspecified atom stereocenters. The van der Waals surface area contributed by atoms with Gasteiger partial charge in [0.05, 0.1) is 11.6 Å². The molecule has 28 heavy (non-hydrogen) atoms. The van der Waals surface area contributed by atoms with Crippen LogP contribution in [-0.4, -0.2) is 51.4 Å². The van der Waals surface area contributed by atoms with Gasteiger partial charge in [-0.3, -0.25) is 14.7 Å². The van der Waals surface area contributed by atoms with Gasteiger partial charge in [-0.05, 0) is 18.1 Å². The summed E-state index contributed by atoms with van der Waals surface area (Å²) >= 11 is 0. The number of hydrogen-bond donors (Lipinski definition) is 1. The van der Waals surface area contributed by atoms with Gasteiger partial charge in [-0.25, -0.2) is 4.39 Å². The van der Waals surface area contributed by atoms with Crippen molar-refractivity contribution in [2.75, 3.05) is 19.6 Å². The van der Waals surface area contributed by atoms with Crippen LogP contribution in [0.4, 0.5) is 4.39 Å². The Morgan fingerprint density at radius 1 is 1.39 bits per heavy atom. The van der Waals surface area contributed by atoms with Crippen molar-refractivity contribution in [2.45, 2.75) is 33.2 Å². The molecule has 3 heterocycles. The molecule has 0 radical (unpaired) electrons. The fourth-order valence-corrected chi connectivity index (χ4v) is 4.17. The van der Waals surface area contributed by atoms with Gasteiger partial charge in [0, 0.05) is 55.8 Å². The van der Waals surface area contributed by atoms with E-state index in [1.807, 2.05) is 11.0 Å². The van der Waals surface area contributed by atoms with Crippen LogP contribution in [0.25, 0.3) is 11.3 Å². The molecule has 6 nitrogen and oxygen atoms in total. The van der Waals surface area contributed by atoms with E-state index in [0.717, 1.165) is 11.3 Å². The van der Waals surface area contributed by atoms with Crippen LogP contribution in [0.2, 0.25) is 0 Å². The van der Waals surface area contributed by atoms with E-state index in [1.54, 1.807) is 11.0 Å². The third-order valence-corrected chi connectivity index (χ3v) is 5.49. The number of H-pyrrole nitrogens is 1. The number of aromatic nitrogens is 2. The van der Waals surface area contributed by atoms with E-state index in [-0.39, 0.29) is 30.0 Å². The zero-order chi connectivity index (χ0) is 19.8. The molecule has 1 fully saturated rings. The number of aromatic amines is 1. The summed E-state index contributed by atoms with van der Waals surface area (Å²) in [5, 5.41) is 7.40. The standard InChI is InChI=1S/C21H25FN4O2/c1-13(2)10-26-11-15(9-19(26)27)21(28)25-7-6-18-17(12-25)20(24-23-18)14-4-3-5-16(22)8-14/h3-5,8,13,15H,6-7,9-12H2,1-2H3,(H,23,24). The van der Waals surface area contributed by atoms with Crippen LogP contribution in [0.3, 0.4) is 0 Å². The monoisotopic (exact) mass is 384 g/mol. The lowest BCUT2D eigenvalue weighted by molar-refractivity contribution is -0.136. The second-order valence-electron chi connectivity index (χ2n) is 8.14. The summed E-state index contributed by atoms with van der Waals surface area (Å²) < 4.78 is 13.6. The van der Waals surface area contributed by atoms with E-state index < -0.39 is 0 Å². The van der Waals surface area contributed by atoms with E-state index >= 15 is 0 Å². The maximum atomic E-state index is 13.6. The van der Waals surface area contributed by atoms with Crippen LogP contribution in [-0.2, 0) is 22.6 Å². The first-order valence-corrected chi connectivity index (χ1v) is 9.81. The molecule has 148 valence electrons. The number of halogens is 1. The van der Waals surface area contributed by atoms with Gasteiger partial charge in [0.1, 0.15) is 5.82 Å². The van der Waals surface area contributed by atoms with Crippen LogP contribution >= 0.6 is 0 Å². The maximum absolute atomic E-state index is 13.6. The van der Waals surface area contributed by atoms with Crippen molar-refractivity contribution in [1.29, 1.82) is 0 Å². The second kappa shape index (κ2) is 7.37. The molecule has 1 atom stereocenters. The summed E-state index contributed by atoms with van der Waals surface area (Å²) in [5.74, 6) is -0.120. The minimum absolute atomic E-state index is 0.0247. The van der Waals surface area contributed by atoms with Crippen molar-refractivity contribution in [3.8, 4) is 11.3 Å². The predicted octanol–water partition coefficient (Wildman–Crippen LogP) is 2.61. The van der Waals surface area contributed by atoms with Gasteiger partial charge in [-0.1, -0.05) is 26.0 Å². The van der Waals surface area contributed by atoms with Crippen LogP contribution in [0.15, 0.2) is 24.3 Å². The number of benzene rings is 1. The molecule has 1 saturated heterocycles. The van der Waals surface area contributed by atoms with E-state index in [4.69, 9.17) is 0 Å². The zero-order valence-electron chi connectivity index (χ0n) is 16.2. The maximum Gasteiger partial charge on any atom is 0.228 e. The smallest absolute Gasteiger partial charge is 0.228 e. The molecule has 2 aliphatic heterocycles. The number of likely N-dealkylation sites (tertiary alicyclic amines) is 1. The van der Waals surface area contributed by atoms with Gasteiger partial charge >= 0.3 is 0 Å². The molecule has 0 bridgehead atoms. The van der Waals surface area contributed by atoms with Gasteiger partial charge in [0.15, 0.2) is 0 Å². The van der Waals surface area contributed by atoms with E-state index in [1.165, 1.54) is 12.1 Å². The lowest BCUT2D eigenvalue weighted by atomic mass is 9.99. The first-order chi connectivity index (χ1) is 13.4. The topological polar surface area (TPSA) is 69.3 Å². The summed E-state index contributed by atoms with van der Waals surface area (Å²) in [6, 6.07) is 6.33. The predicted molar refractivity (Wildman–Crippen MR) is 103 cm³/mol. The molecule has 2 aliphatic rings. The summed E-state index contributed by atoms with van der Waals surface area (Å²) in [6.07, 6.45) is 0.969. The SMILES string of the molecule is CC(C)CN1CC(C(=O)N2CCc3[nH]nc(-c4cccc(F)c4)c3C2)CC1=O. The average Bonchev–Trinajstić information content (AvgIpc) is 3.24. The summed E-state index contributed by atoms with van der Waals surface area (Å²) in [5.41, 5.74) is 3.32. The van der Waals surface area contributed by atoms with Crippen molar-refractivity contribution in [3.05, 3.63) is 41.3 Å². The molecule has 2 amide bonds. The van der Waals surface area contributed by atoms with Crippen molar-refractivity contribution >= 4 is 11.8 Å². The Bertz CT molecular complexity index is 908. The Labute approximate surface area is 163 Å². The first kappa shape index (κ1) is 18.7. The van der Waals surface area contributed by atoms with Gasteiger partial charge in [-0.2, -0.15) is 5.10 Å². The number of carbonyl (C=O) groups excluding carboxylic acids is 2. The fraction of sp³-hybridized carbons (Fsp3) is 0.476. The van der Waals surface area contributed by atoms with Crippen LogP contribution in [0.1, 0.15) is 31.5 Å². The van der Waals surface area contributed by atoms with Crippen LogP contribution < -0.4 is 0 Å². The molecule has 2 aromatic rings. The Hall–Kier alpha value is -2.70. The summed E-state index contributed by atoms with van der Waals surface area (Å²) in [7, 11) is 0. The molecule has 4 rings (SSSR count). The summed E-state index contributed by atoms with van der Waals surface area (Å²) in [6.45, 7) is 6.37. The Morgan fingerprint density at radius 3 is 2.96 bits per heavy atom. The number of carbonyl (C=O) groups is 2. The number of fused-ring (bicyclic) bond motifs is 1. The molecule has 0 saturated carbocycles. The molecule has 1 aromatic heterocycles. The van der Waals surface area contributed by atoms with E-state index in [9.17, 15) is 14.0 Å². The van der Waals surface area contributed by atoms with Gasteiger partial charge in [0.2, 0.25) is 11.8 Å². The third-order valence-electron chi connectivity index (χ3n) is 5.49. The fourth-order valence-electron chi connectivity index (χ4n) is 4.17. The first-order valence-electron chi connectivity index (χ1n) is 9.81. The number of nitrogens with one attached hydrogen (secondary N) is 1. The second-order valence-corrected chi connectivity index (χ2v) is 8.14. The average molecular weight is 384 g/mol.